The number of H-pyrrole nitrogens is 1. The maximum absolute atomic E-state index is 12.4. The molecule has 0 aliphatic carbocycles. The summed E-state index contributed by atoms with van der Waals surface area (Å²) in [5.74, 6) is -0.613. The molecule has 28 heavy (non-hydrogen) atoms. The van der Waals surface area contributed by atoms with Crippen LogP contribution in [0.2, 0.25) is 5.02 Å². The highest BCUT2D eigenvalue weighted by molar-refractivity contribution is 6.31. The van der Waals surface area contributed by atoms with E-state index in [0.29, 0.717) is 5.56 Å². The van der Waals surface area contributed by atoms with E-state index >= 15 is 0 Å². The van der Waals surface area contributed by atoms with Gasteiger partial charge in [-0.05, 0) is 55.0 Å². The highest BCUT2D eigenvalue weighted by Gasteiger charge is 2.20. The van der Waals surface area contributed by atoms with Gasteiger partial charge in [-0.25, -0.2) is 0 Å². The first-order valence-electron chi connectivity index (χ1n) is 8.62. The van der Waals surface area contributed by atoms with Crippen LogP contribution in [0, 0.1) is 24.0 Å². The molecule has 8 heteroatoms. The quantitative estimate of drug-likeness (QED) is 0.504. The molecule has 0 saturated carbocycles. The Morgan fingerprint density at radius 1 is 1.21 bits per heavy atom. The van der Waals surface area contributed by atoms with Crippen LogP contribution in [0.3, 0.4) is 0 Å². The van der Waals surface area contributed by atoms with Gasteiger partial charge in [0.15, 0.2) is 0 Å². The predicted octanol–water partition coefficient (Wildman–Crippen LogP) is 3.68. The maximum atomic E-state index is 12.4. The number of halogens is 1. The lowest BCUT2D eigenvalue weighted by Gasteiger charge is -2.09. The van der Waals surface area contributed by atoms with Gasteiger partial charge in [-0.3, -0.25) is 19.7 Å². The van der Waals surface area contributed by atoms with Crippen molar-refractivity contribution in [3.05, 3.63) is 84.1 Å². The summed E-state index contributed by atoms with van der Waals surface area (Å²) in [6.45, 7) is 4.08. The molecule has 0 atom stereocenters. The lowest BCUT2D eigenvalue weighted by atomic mass is 10.0. The van der Waals surface area contributed by atoms with E-state index in [4.69, 9.17) is 11.6 Å². The van der Waals surface area contributed by atoms with Crippen LogP contribution in [0.4, 0.5) is 5.69 Å². The molecule has 0 aliphatic rings. The van der Waals surface area contributed by atoms with Crippen molar-refractivity contribution < 1.29 is 9.72 Å². The first kappa shape index (κ1) is 19.6. The number of nitrogens with zero attached hydrogens (tertiary/aromatic N) is 1. The van der Waals surface area contributed by atoms with Crippen molar-refractivity contribution in [2.75, 3.05) is 6.54 Å². The summed E-state index contributed by atoms with van der Waals surface area (Å²) < 4.78 is 0. The van der Waals surface area contributed by atoms with Gasteiger partial charge in [0.2, 0.25) is 0 Å². The Morgan fingerprint density at radius 3 is 2.68 bits per heavy atom. The number of carbonyl (C=O) groups excluding carboxylic acids is 1. The summed E-state index contributed by atoms with van der Waals surface area (Å²) in [4.78, 5) is 38.0. The van der Waals surface area contributed by atoms with E-state index in [1.165, 1.54) is 18.2 Å². The van der Waals surface area contributed by atoms with E-state index in [9.17, 15) is 19.7 Å². The van der Waals surface area contributed by atoms with Crippen molar-refractivity contribution >= 4 is 34.1 Å². The van der Waals surface area contributed by atoms with Crippen molar-refractivity contribution in [2.24, 2.45) is 0 Å². The van der Waals surface area contributed by atoms with Gasteiger partial charge in [0.05, 0.1) is 10.4 Å². The predicted molar refractivity (Wildman–Crippen MR) is 108 cm³/mol. The number of aromatic nitrogens is 1. The Bertz CT molecular complexity index is 1150. The van der Waals surface area contributed by atoms with E-state index in [-0.39, 0.29) is 34.8 Å². The highest BCUT2D eigenvalue weighted by atomic mass is 35.5. The normalized spacial score (nSPS) is 10.8. The van der Waals surface area contributed by atoms with Crippen LogP contribution >= 0.6 is 11.6 Å². The molecule has 0 bridgehead atoms. The molecule has 1 aromatic heterocycles. The maximum Gasteiger partial charge on any atom is 0.282 e. The number of amides is 1. The molecule has 0 fully saturated rings. The van der Waals surface area contributed by atoms with Crippen LogP contribution in [0.25, 0.3) is 10.9 Å². The number of benzene rings is 2. The van der Waals surface area contributed by atoms with Crippen LogP contribution < -0.4 is 10.9 Å². The molecule has 3 rings (SSSR count). The molecule has 2 N–H and O–H groups in total. The fourth-order valence-corrected chi connectivity index (χ4v) is 3.18. The SMILES string of the molecule is Cc1ccc2cc(CCNC(=O)c3cc(Cl)ccc3[N+](=O)[O-])c(=O)[nH]c2c1C. The minimum absolute atomic E-state index is 0.115. The minimum Gasteiger partial charge on any atom is -0.351 e. The van der Waals surface area contributed by atoms with Crippen LogP contribution in [0.5, 0.6) is 0 Å². The zero-order valence-corrected chi connectivity index (χ0v) is 16.1. The smallest absolute Gasteiger partial charge is 0.282 e. The number of hydrogen-bond acceptors (Lipinski definition) is 4. The number of pyridine rings is 1. The molecule has 0 aliphatic heterocycles. The second-order valence-electron chi connectivity index (χ2n) is 6.52. The average molecular weight is 400 g/mol. The van der Waals surface area contributed by atoms with Gasteiger partial charge >= 0.3 is 0 Å². The van der Waals surface area contributed by atoms with E-state index in [0.717, 1.165) is 22.0 Å². The molecular formula is C20H18ClN3O4. The third kappa shape index (κ3) is 3.89. The fourth-order valence-electron chi connectivity index (χ4n) is 3.01. The number of rotatable bonds is 5. The summed E-state index contributed by atoms with van der Waals surface area (Å²) in [5.41, 5.74) is 2.77. The summed E-state index contributed by atoms with van der Waals surface area (Å²) in [6, 6.07) is 9.52. The minimum atomic E-state index is -0.635. The van der Waals surface area contributed by atoms with Gasteiger partial charge < -0.3 is 10.3 Å². The molecule has 0 saturated heterocycles. The summed E-state index contributed by atoms with van der Waals surface area (Å²) >= 11 is 5.85. The number of hydrogen-bond donors (Lipinski definition) is 2. The van der Waals surface area contributed by atoms with Gasteiger partial charge in [-0.15, -0.1) is 0 Å². The first-order valence-corrected chi connectivity index (χ1v) is 9.00. The number of fused-ring (bicyclic) bond motifs is 1. The third-order valence-electron chi connectivity index (χ3n) is 4.71. The molecule has 1 heterocycles. The van der Waals surface area contributed by atoms with E-state index < -0.39 is 10.8 Å². The second-order valence-corrected chi connectivity index (χ2v) is 6.96. The molecule has 1 amide bonds. The average Bonchev–Trinajstić information content (AvgIpc) is 2.65. The second kappa shape index (κ2) is 7.82. The van der Waals surface area contributed by atoms with Gasteiger partial charge in [-0.2, -0.15) is 0 Å². The number of aryl methyl sites for hydroxylation is 2. The van der Waals surface area contributed by atoms with Crippen LogP contribution in [0.1, 0.15) is 27.0 Å². The van der Waals surface area contributed by atoms with Crippen molar-refractivity contribution in [3.8, 4) is 0 Å². The molecule has 0 spiro atoms. The van der Waals surface area contributed by atoms with Gasteiger partial charge in [0, 0.05) is 23.2 Å². The van der Waals surface area contributed by atoms with Crippen LogP contribution in [-0.2, 0) is 6.42 Å². The summed E-state index contributed by atoms with van der Waals surface area (Å²) in [5, 5.41) is 14.8. The number of aromatic amines is 1. The zero-order valence-electron chi connectivity index (χ0n) is 15.3. The standard InChI is InChI=1S/C20H18ClN3O4/c1-11-3-4-13-9-14(19(25)23-18(13)12(11)2)7-8-22-20(26)16-10-15(21)5-6-17(16)24(27)28/h3-6,9-10H,7-8H2,1-2H3,(H,22,26)(H,23,25). The highest BCUT2D eigenvalue weighted by Crippen LogP contribution is 2.22. The Hall–Kier alpha value is -3.19. The van der Waals surface area contributed by atoms with Crippen LogP contribution in [-0.4, -0.2) is 22.4 Å². The van der Waals surface area contributed by atoms with Gasteiger partial charge in [-0.1, -0.05) is 23.7 Å². The van der Waals surface area contributed by atoms with Crippen molar-refractivity contribution in [3.63, 3.8) is 0 Å². The Morgan fingerprint density at radius 2 is 1.96 bits per heavy atom. The molecule has 3 aromatic rings. The van der Waals surface area contributed by atoms with E-state index in [1.807, 2.05) is 26.0 Å². The molecule has 0 radical (unpaired) electrons. The lowest BCUT2D eigenvalue weighted by molar-refractivity contribution is -0.385. The first-order chi connectivity index (χ1) is 13.3. The third-order valence-corrected chi connectivity index (χ3v) is 4.94. The van der Waals surface area contributed by atoms with Crippen molar-refractivity contribution in [1.82, 2.24) is 10.3 Å². The van der Waals surface area contributed by atoms with Crippen LogP contribution in [0.15, 0.2) is 41.2 Å². The van der Waals surface area contributed by atoms with E-state index in [1.54, 1.807) is 6.07 Å². The van der Waals surface area contributed by atoms with Crippen molar-refractivity contribution in [2.45, 2.75) is 20.3 Å². The lowest BCUT2D eigenvalue weighted by Crippen LogP contribution is -2.28. The molecule has 7 nitrogen and oxygen atoms in total. The summed E-state index contributed by atoms with van der Waals surface area (Å²) in [6.07, 6.45) is 0.290. The molecular weight excluding hydrogens is 382 g/mol. The zero-order chi connectivity index (χ0) is 20.4. The Balaban J connectivity index is 1.77. The number of nitrogens with one attached hydrogen (secondary N) is 2. The number of nitro benzene ring substituents is 1. The Labute approximate surface area is 165 Å². The number of carbonyl (C=O) groups is 1. The Kier molecular flexibility index (Phi) is 5.46. The topological polar surface area (TPSA) is 105 Å². The van der Waals surface area contributed by atoms with E-state index in [2.05, 4.69) is 10.3 Å². The van der Waals surface area contributed by atoms with Gasteiger partial charge in [0.25, 0.3) is 17.2 Å². The molecule has 144 valence electrons. The largest absolute Gasteiger partial charge is 0.351 e. The molecule has 2 aromatic carbocycles. The summed E-state index contributed by atoms with van der Waals surface area (Å²) in [7, 11) is 0. The number of nitro groups is 1. The fraction of sp³-hybridized carbons (Fsp3) is 0.200. The molecule has 0 unspecified atom stereocenters. The monoisotopic (exact) mass is 399 g/mol. The van der Waals surface area contributed by atoms with Crippen molar-refractivity contribution in [1.29, 1.82) is 0 Å². The van der Waals surface area contributed by atoms with Gasteiger partial charge in [0.1, 0.15) is 5.56 Å².